The summed E-state index contributed by atoms with van der Waals surface area (Å²) in [5.41, 5.74) is 2.23. The summed E-state index contributed by atoms with van der Waals surface area (Å²) < 4.78 is 63.8. The van der Waals surface area contributed by atoms with Crippen LogP contribution >= 0.6 is 0 Å². The Morgan fingerprint density at radius 3 is 2.22 bits per heavy atom. The summed E-state index contributed by atoms with van der Waals surface area (Å²) >= 11 is 0. The van der Waals surface area contributed by atoms with Crippen LogP contribution in [0.15, 0.2) is 61.2 Å². The normalized spacial score (nSPS) is 18.4. The lowest BCUT2D eigenvalue weighted by atomic mass is 9.76. The first kappa shape index (κ1) is 26.9. The van der Waals surface area contributed by atoms with Crippen molar-refractivity contribution in [3.63, 3.8) is 0 Å². The Hall–Kier alpha value is -3.12. The van der Waals surface area contributed by atoms with E-state index < -0.39 is 23.3 Å². The minimum atomic E-state index is -1.02. The maximum absolute atomic E-state index is 15.1. The summed E-state index contributed by atoms with van der Waals surface area (Å²) in [5, 5.41) is 9.79. The van der Waals surface area contributed by atoms with Crippen molar-refractivity contribution in [2.45, 2.75) is 57.5 Å². The van der Waals surface area contributed by atoms with Crippen LogP contribution in [0, 0.1) is 29.2 Å². The number of halogens is 4. The van der Waals surface area contributed by atoms with E-state index in [4.69, 9.17) is 4.74 Å². The lowest BCUT2D eigenvalue weighted by molar-refractivity contribution is 0.0964. The molecule has 6 heteroatoms. The summed E-state index contributed by atoms with van der Waals surface area (Å²) in [6.45, 7) is 5.35. The molecule has 1 aliphatic rings. The highest BCUT2D eigenvalue weighted by molar-refractivity contribution is 5.65. The standard InChI is InChI=1S/C31H32F4O2/c1-3-18-37-27-17-14-24(28(32)31(27)35)9-6-20-4-7-22(8-5-20)25-15-16-26(30(34)29(25)33)23-12-10-21(11-13-23)19(2)36/h3-5,7-8,14-17,19,21,23,36H,1,6,9-13,18H2,2H3. The van der Waals surface area contributed by atoms with Gasteiger partial charge in [0, 0.05) is 5.56 Å². The van der Waals surface area contributed by atoms with E-state index in [0.29, 0.717) is 17.5 Å². The van der Waals surface area contributed by atoms with Crippen LogP contribution in [0.2, 0.25) is 0 Å². The average Bonchev–Trinajstić information content (AvgIpc) is 2.91. The smallest absolute Gasteiger partial charge is 0.200 e. The van der Waals surface area contributed by atoms with Crippen molar-refractivity contribution in [1.29, 1.82) is 0 Å². The molecule has 0 amide bonds. The Labute approximate surface area is 215 Å². The first-order chi connectivity index (χ1) is 17.8. The molecule has 0 saturated heterocycles. The van der Waals surface area contributed by atoms with Crippen LogP contribution in [0.1, 0.15) is 55.2 Å². The van der Waals surface area contributed by atoms with Gasteiger partial charge in [-0.25, -0.2) is 13.2 Å². The van der Waals surface area contributed by atoms with E-state index in [2.05, 4.69) is 6.58 Å². The Morgan fingerprint density at radius 2 is 1.57 bits per heavy atom. The third-order valence-electron chi connectivity index (χ3n) is 7.44. The van der Waals surface area contributed by atoms with Crippen LogP contribution in [0.5, 0.6) is 5.75 Å². The Morgan fingerprint density at radius 1 is 0.865 bits per heavy atom. The summed E-state index contributed by atoms with van der Waals surface area (Å²) in [4.78, 5) is 0. The first-order valence-electron chi connectivity index (χ1n) is 12.8. The number of aryl methyl sites for hydroxylation is 2. The van der Waals surface area contributed by atoms with Gasteiger partial charge in [0.1, 0.15) is 6.61 Å². The van der Waals surface area contributed by atoms with Crippen LogP contribution < -0.4 is 4.74 Å². The van der Waals surface area contributed by atoms with Crippen molar-refractivity contribution in [1.82, 2.24) is 0 Å². The highest BCUT2D eigenvalue weighted by Crippen LogP contribution is 2.39. The topological polar surface area (TPSA) is 29.5 Å². The maximum Gasteiger partial charge on any atom is 0.200 e. The van der Waals surface area contributed by atoms with Gasteiger partial charge in [0.15, 0.2) is 23.2 Å². The van der Waals surface area contributed by atoms with Gasteiger partial charge in [-0.2, -0.15) is 4.39 Å². The number of aliphatic hydroxyl groups is 1. The molecule has 3 aromatic rings. The number of hydrogen-bond acceptors (Lipinski definition) is 2. The molecule has 0 radical (unpaired) electrons. The molecule has 0 heterocycles. The first-order valence-corrected chi connectivity index (χ1v) is 12.8. The SMILES string of the molecule is C=CCOc1ccc(CCc2ccc(-c3ccc(C4CCC(C(C)O)CC4)c(F)c3F)cc2)c(F)c1F. The number of hydrogen-bond donors (Lipinski definition) is 1. The Bertz CT molecular complexity index is 1230. The third kappa shape index (κ3) is 6.07. The van der Waals surface area contributed by atoms with Crippen LogP contribution in [-0.4, -0.2) is 17.8 Å². The molecule has 196 valence electrons. The molecular weight excluding hydrogens is 480 g/mol. The van der Waals surface area contributed by atoms with Crippen molar-refractivity contribution in [3.05, 3.63) is 101 Å². The van der Waals surface area contributed by atoms with Gasteiger partial charge in [0.05, 0.1) is 6.10 Å². The molecule has 0 aliphatic heterocycles. The van der Waals surface area contributed by atoms with Gasteiger partial charge in [0.2, 0.25) is 5.82 Å². The van der Waals surface area contributed by atoms with Gasteiger partial charge >= 0.3 is 0 Å². The van der Waals surface area contributed by atoms with Crippen LogP contribution in [0.3, 0.4) is 0 Å². The molecule has 3 aromatic carbocycles. The van der Waals surface area contributed by atoms with Crippen LogP contribution in [0.4, 0.5) is 17.6 Å². The molecule has 1 unspecified atom stereocenters. The molecule has 0 spiro atoms. The maximum atomic E-state index is 15.1. The van der Waals surface area contributed by atoms with Crippen LogP contribution in [0.25, 0.3) is 11.1 Å². The molecule has 1 atom stereocenters. The fourth-order valence-corrected chi connectivity index (χ4v) is 5.17. The van der Waals surface area contributed by atoms with Gasteiger partial charge in [0.25, 0.3) is 0 Å². The van der Waals surface area contributed by atoms with Crippen LogP contribution in [-0.2, 0) is 12.8 Å². The summed E-state index contributed by atoms with van der Waals surface area (Å²) in [7, 11) is 0. The molecule has 1 aliphatic carbocycles. The molecule has 0 aromatic heterocycles. The Kier molecular flexibility index (Phi) is 8.70. The highest BCUT2D eigenvalue weighted by Gasteiger charge is 2.28. The predicted octanol–water partition coefficient (Wildman–Crippen LogP) is 7.91. The fourth-order valence-electron chi connectivity index (χ4n) is 5.17. The second-order valence-corrected chi connectivity index (χ2v) is 9.83. The zero-order chi connectivity index (χ0) is 26.5. The quantitative estimate of drug-likeness (QED) is 0.233. The summed E-state index contributed by atoms with van der Waals surface area (Å²) in [6, 6.07) is 13.2. The molecule has 1 N–H and O–H groups in total. The van der Waals surface area contributed by atoms with E-state index in [1.54, 1.807) is 43.3 Å². The Balaban J connectivity index is 1.42. The lowest BCUT2D eigenvalue weighted by Crippen LogP contribution is -2.23. The van der Waals surface area contributed by atoms with Crippen molar-refractivity contribution in [2.24, 2.45) is 5.92 Å². The van der Waals surface area contributed by atoms with Gasteiger partial charge in [-0.15, -0.1) is 0 Å². The van der Waals surface area contributed by atoms with E-state index in [0.717, 1.165) is 31.2 Å². The van der Waals surface area contributed by atoms with Gasteiger partial charge in [-0.05, 0) is 85.6 Å². The lowest BCUT2D eigenvalue weighted by Gasteiger charge is -2.30. The summed E-state index contributed by atoms with van der Waals surface area (Å²) in [5.74, 6) is -3.61. The second-order valence-electron chi connectivity index (χ2n) is 9.83. The van der Waals surface area contributed by atoms with E-state index in [9.17, 15) is 13.9 Å². The highest BCUT2D eigenvalue weighted by atomic mass is 19.2. The largest absolute Gasteiger partial charge is 0.486 e. The minimum absolute atomic E-state index is 0.0474. The molecule has 2 nitrogen and oxygen atoms in total. The average molecular weight is 513 g/mol. The van der Waals surface area contributed by atoms with Gasteiger partial charge in [-0.3, -0.25) is 0 Å². The summed E-state index contributed by atoms with van der Waals surface area (Å²) in [6.07, 6.45) is 4.87. The molecular formula is C31H32F4O2. The van der Waals surface area contributed by atoms with E-state index in [1.807, 2.05) is 0 Å². The molecule has 1 fully saturated rings. The minimum Gasteiger partial charge on any atom is -0.486 e. The van der Waals surface area contributed by atoms with Gasteiger partial charge in [-0.1, -0.05) is 55.1 Å². The van der Waals surface area contributed by atoms with Crippen molar-refractivity contribution in [3.8, 4) is 16.9 Å². The van der Waals surface area contributed by atoms with Crippen molar-refractivity contribution >= 4 is 0 Å². The van der Waals surface area contributed by atoms with E-state index in [-0.39, 0.29) is 47.8 Å². The number of ether oxygens (including phenoxy) is 1. The van der Waals surface area contributed by atoms with Crippen molar-refractivity contribution in [2.75, 3.05) is 6.61 Å². The number of aliphatic hydroxyl groups excluding tert-OH is 1. The monoisotopic (exact) mass is 512 g/mol. The van der Waals surface area contributed by atoms with E-state index >= 15 is 8.78 Å². The molecule has 4 rings (SSSR count). The van der Waals surface area contributed by atoms with E-state index in [1.165, 1.54) is 18.2 Å². The zero-order valence-corrected chi connectivity index (χ0v) is 21.0. The second kappa shape index (κ2) is 12.0. The molecule has 0 bridgehead atoms. The van der Waals surface area contributed by atoms with Crippen molar-refractivity contribution < 1.29 is 27.4 Å². The fraction of sp³-hybridized carbons (Fsp3) is 0.355. The molecule has 1 saturated carbocycles. The third-order valence-corrected chi connectivity index (χ3v) is 7.44. The number of rotatable bonds is 9. The zero-order valence-electron chi connectivity index (χ0n) is 21.0. The molecule has 37 heavy (non-hydrogen) atoms. The van der Waals surface area contributed by atoms with Gasteiger partial charge < -0.3 is 9.84 Å². The number of benzene rings is 3. The predicted molar refractivity (Wildman–Crippen MR) is 138 cm³/mol.